The van der Waals surface area contributed by atoms with E-state index in [2.05, 4.69) is 22.1 Å². The Bertz CT molecular complexity index is 272. The molecule has 14 heavy (non-hydrogen) atoms. The highest BCUT2D eigenvalue weighted by molar-refractivity contribution is 4.92. The van der Waals surface area contributed by atoms with Crippen molar-refractivity contribution in [3.05, 3.63) is 11.6 Å². The summed E-state index contributed by atoms with van der Waals surface area (Å²) >= 11 is 0. The van der Waals surface area contributed by atoms with Gasteiger partial charge in [-0.2, -0.15) is 5.10 Å². The number of aromatic amines is 1. The van der Waals surface area contributed by atoms with Gasteiger partial charge < -0.3 is 5.73 Å². The van der Waals surface area contributed by atoms with Crippen LogP contribution in [-0.2, 0) is 12.8 Å². The summed E-state index contributed by atoms with van der Waals surface area (Å²) in [6.45, 7) is 6.17. The molecule has 0 amide bonds. The van der Waals surface area contributed by atoms with Gasteiger partial charge >= 0.3 is 0 Å². The molecule has 0 aliphatic rings. The van der Waals surface area contributed by atoms with E-state index in [4.69, 9.17) is 5.73 Å². The minimum absolute atomic E-state index is 0.133. The van der Waals surface area contributed by atoms with Crippen LogP contribution in [0.4, 0.5) is 0 Å². The molecule has 4 nitrogen and oxygen atoms in total. The van der Waals surface area contributed by atoms with E-state index in [0.717, 1.165) is 37.3 Å². The van der Waals surface area contributed by atoms with Gasteiger partial charge in [0.25, 0.3) is 0 Å². The minimum Gasteiger partial charge on any atom is -0.326 e. The maximum Gasteiger partial charge on any atom is 0.150 e. The number of hydrogen-bond donors (Lipinski definition) is 2. The first-order chi connectivity index (χ1) is 6.51. The zero-order valence-electron chi connectivity index (χ0n) is 9.30. The lowest BCUT2D eigenvalue weighted by atomic mass is 10.0. The van der Waals surface area contributed by atoms with Gasteiger partial charge in [-0.1, -0.05) is 6.92 Å². The molecule has 1 rings (SSSR count). The molecular weight excluding hydrogens is 176 g/mol. The van der Waals surface area contributed by atoms with Crippen molar-refractivity contribution in [2.45, 2.75) is 52.0 Å². The lowest BCUT2D eigenvalue weighted by Gasteiger charge is -2.16. The van der Waals surface area contributed by atoms with Crippen molar-refractivity contribution in [1.29, 1.82) is 0 Å². The summed E-state index contributed by atoms with van der Waals surface area (Å²) in [4.78, 5) is 4.38. The van der Waals surface area contributed by atoms with Crippen LogP contribution in [0.2, 0.25) is 0 Å². The highest BCUT2D eigenvalue weighted by atomic mass is 15.2. The SMILES string of the molecule is CCCc1nc(CCC(C)(C)N)n[nH]1. The van der Waals surface area contributed by atoms with Crippen molar-refractivity contribution in [3.63, 3.8) is 0 Å². The second kappa shape index (κ2) is 4.55. The molecule has 0 bridgehead atoms. The minimum atomic E-state index is -0.133. The summed E-state index contributed by atoms with van der Waals surface area (Å²) in [5.41, 5.74) is 5.75. The molecule has 0 aliphatic heterocycles. The molecule has 0 spiro atoms. The van der Waals surface area contributed by atoms with E-state index < -0.39 is 0 Å². The first kappa shape index (κ1) is 11.2. The molecule has 0 saturated carbocycles. The van der Waals surface area contributed by atoms with Gasteiger partial charge in [0.15, 0.2) is 5.82 Å². The number of nitrogens with one attached hydrogen (secondary N) is 1. The summed E-state index contributed by atoms with van der Waals surface area (Å²) in [6, 6.07) is 0. The zero-order valence-corrected chi connectivity index (χ0v) is 9.30. The first-order valence-corrected chi connectivity index (χ1v) is 5.20. The van der Waals surface area contributed by atoms with Crippen LogP contribution in [0.3, 0.4) is 0 Å². The van der Waals surface area contributed by atoms with Crippen molar-refractivity contribution in [2.75, 3.05) is 0 Å². The van der Waals surface area contributed by atoms with Gasteiger partial charge in [0.1, 0.15) is 5.82 Å². The molecule has 1 aromatic heterocycles. The van der Waals surface area contributed by atoms with Crippen molar-refractivity contribution < 1.29 is 0 Å². The standard InChI is InChI=1S/C10H20N4/c1-4-5-8-12-9(14-13-8)6-7-10(2,3)11/h4-7,11H2,1-3H3,(H,12,13,14). The van der Waals surface area contributed by atoms with Gasteiger partial charge in [0.2, 0.25) is 0 Å². The number of nitrogens with zero attached hydrogens (tertiary/aromatic N) is 2. The van der Waals surface area contributed by atoms with E-state index in [1.165, 1.54) is 0 Å². The van der Waals surface area contributed by atoms with Crippen LogP contribution in [-0.4, -0.2) is 20.7 Å². The molecule has 0 fully saturated rings. The van der Waals surface area contributed by atoms with Crippen LogP contribution in [0.5, 0.6) is 0 Å². The third-order valence-electron chi connectivity index (χ3n) is 2.06. The fraction of sp³-hybridized carbons (Fsp3) is 0.800. The van der Waals surface area contributed by atoms with E-state index in [9.17, 15) is 0 Å². The van der Waals surface area contributed by atoms with Gasteiger partial charge in [-0.15, -0.1) is 0 Å². The molecule has 0 atom stereocenters. The predicted molar refractivity (Wildman–Crippen MR) is 57.0 cm³/mol. The molecule has 0 saturated heterocycles. The lowest BCUT2D eigenvalue weighted by molar-refractivity contribution is 0.471. The lowest BCUT2D eigenvalue weighted by Crippen LogP contribution is -2.32. The first-order valence-electron chi connectivity index (χ1n) is 5.20. The topological polar surface area (TPSA) is 67.6 Å². The van der Waals surface area contributed by atoms with Gasteiger partial charge in [-0.3, -0.25) is 5.10 Å². The number of nitrogens with two attached hydrogens (primary N) is 1. The summed E-state index contributed by atoms with van der Waals surface area (Å²) in [5, 5.41) is 7.09. The number of hydrogen-bond acceptors (Lipinski definition) is 3. The molecule has 0 unspecified atom stereocenters. The van der Waals surface area contributed by atoms with Crippen LogP contribution in [0.1, 0.15) is 45.3 Å². The Kier molecular flexibility index (Phi) is 3.63. The fourth-order valence-electron chi connectivity index (χ4n) is 1.23. The molecular formula is C10H20N4. The van der Waals surface area contributed by atoms with E-state index in [0.29, 0.717) is 0 Å². The maximum atomic E-state index is 5.88. The Morgan fingerprint density at radius 1 is 1.36 bits per heavy atom. The van der Waals surface area contributed by atoms with Crippen LogP contribution in [0, 0.1) is 0 Å². The van der Waals surface area contributed by atoms with Gasteiger partial charge in [-0.25, -0.2) is 4.98 Å². The highest BCUT2D eigenvalue weighted by Crippen LogP contribution is 2.08. The smallest absolute Gasteiger partial charge is 0.150 e. The number of aromatic nitrogens is 3. The van der Waals surface area contributed by atoms with Crippen LogP contribution in [0.15, 0.2) is 0 Å². The normalized spacial score (nSPS) is 12.0. The average molecular weight is 196 g/mol. The molecule has 3 N–H and O–H groups in total. The average Bonchev–Trinajstić information content (AvgIpc) is 2.49. The van der Waals surface area contributed by atoms with E-state index in [1.807, 2.05) is 13.8 Å². The Morgan fingerprint density at radius 2 is 2.07 bits per heavy atom. The van der Waals surface area contributed by atoms with Crippen LogP contribution in [0.25, 0.3) is 0 Å². The van der Waals surface area contributed by atoms with Gasteiger partial charge in [0.05, 0.1) is 0 Å². The van der Waals surface area contributed by atoms with E-state index >= 15 is 0 Å². The number of aryl methyl sites for hydroxylation is 2. The zero-order chi connectivity index (χ0) is 10.6. The van der Waals surface area contributed by atoms with E-state index in [1.54, 1.807) is 0 Å². The maximum absolute atomic E-state index is 5.88. The van der Waals surface area contributed by atoms with E-state index in [-0.39, 0.29) is 5.54 Å². The number of rotatable bonds is 5. The Morgan fingerprint density at radius 3 is 2.64 bits per heavy atom. The number of H-pyrrole nitrogens is 1. The molecule has 80 valence electrons. The molecule has 0 aliphatic carbocycles. The third kappa shape index (κ3) is 3.87. The second-order valence-electron chi connectivity index (χ2n) is 4.44. The molecule has 1 aromatic rings. The quantitative estimate of drug-likeness (QED) is 0.748. The summed E-state index contributed by atoms with van der Waals surface area (Å²) in [5.74, 6) is 1.87. The van der Waals surface area contributed by atoms with Crippen LogP contribution < -0.4 is 5.73 Å². The Hall–Kier alpha value is -0.900. The fourth-order valence-corrected chi connectivity index (χ4v) is 1.23. The van der Waals surface area contributed by atoms with Crippen molar-refractivity contribution in [1.82, 2.24) is 15.2 Å². The van der Waals surface area contributed by atoms with Crippen molar-refractivity contribution in [3.8, 4) is 0 Å². The summed E-state index contributed by atoms with van der Waals surface area (Å²) in [6.07, 6.45) is 3.83. The monoisotopic (exact) mass is 196 g/mol. The van der Waals surface area contributed by atoms with Crippen molar-refractivity contribution in [2.24, 2.45) is 5.73 Å². The molecule has 0 radical (unpaired) electrons. The predicted octanol–water partition coefficient (Wildman–Crippen LogP) is 1.43. The third-order valence-corrected chi connectivity index (χ3v) is 2.06. The summed E-state index contributed by atoms with van der Waals surface area (Å²) in [7, 11) is 0. The molecule has 4 heteroatoms. The summed E-state index contributed by atoms with van der Waals surface area (Å²) < 4.78 is 0. The van der Waals surface area contributed by atoms with Crippen LogP contribution >= 0.6 is 0 Å². The van der Waals surface area contributed by atoms with Gasteiger partial charge in [0, 0.05) is 18.4 Å². The van der Waals surface area contributed by atoms with Gasteiger partial charge in [-0.05, 0) is 26.7 Å². The second-order valence-corrected chi connectivity index (χ2v) is 4.44. The Labute approximate surface area is 85.3 Å². The van der Waals surface area contributed by atoms with Crippen molar-refractivity contribution >= 4 is 0 Å². The highest BCUT2D eigenvalue weighted by Gasteiger charge is 2.12. The Balaban J connectivity index is 2.44. The largest absolute Gasteiger partial charge is 0.326 e. The molecule has 1 heterocycles. The molecule has 0 aromatic carbocycles.